The lowest BCUT2D eigenvalue weighted by atomic mass is 10.0. The molecule has 0 atom stereocenters. The topological polar surface area (TPSA) is 51.7 Å². The van der Waals surface area contributed by atoms with Gasteiger partial charge >= 0.3 is 0 Å². The molecule has 0 unspecified atom stereocenters. The van der Waals surface area contributed by atoms with Crippen LogP contribution in [0.1, 0.15) is 10.4 Å². The molecule has 0 spiro atoms. The number of amides is 1. The van der Waals surface area contributed by atoms with Gasteiger partial charge in [-0.05, 0) is 17.7 Å². The van der Waals surface area contributed by atoms with Crippen LogP contribution in [0.25, 0.3) is 11.1 Å². The van der Waals surface area contributed by atoms with Crippen molar-refractivity contribution in [2.24, 2.45) is 0 Å². The maximum atomic E-state index is 13.8. The molecule has 6 heteroatoms. The van der Waals surface area contributed by atoms with Crippen molar-refractivity contribution in [1.82, 2.24) is 10.0 Å². The molecule has 0 saturated carbocycles. The second kappa shape index (κ2) is 6.32. The Morgan fingerprint density at radius 1 is 1.24 bits per heavy atom. The third kappa shape index (κ3) is 3.17. The molecule has 1 amide bonds. The number of nitrogens with zero attached hydrogens (tertiary/aromatic N) is 2. The fourth-order valence-electron chi connectivity index (χ4n) is 1.81. The summed E-state index contributed by atoms with van der Waals surface area (Å²) in [5, 5.41) is 1.12. The van der Waals surface area contributed by atoms with Crippen molar-refractivity contribution in [2.75, 3.05) is 21.3 Å². The maximum absolute atomic E-state index is 13.8. The number of hydroxylamine groups is 2. The number of hydrogen-bond donors (Lipinski definition) is 0. The largest absolute Gasteiger partial charge is 0.481 e. The van der Waals surface area contributed by atoms with Gasteiger partial charge in [-0.15, -0.1) is 0 Å². The van der Waals surface area contributed by atoms with Gasteiger partial charge < -0.3 is 4.74 Å². The predicted octanol–water partition coefficient (Wildman–Crippen LogP) is 2.53. The lowest BCUT2D eigenvalue weighted by Gasteiger charge is -2.13. The molecule has 1 aromatic heterocycles. The van der Waals surface area contributed by atoms with Gasteiger partial charge in [0.05, 0.1) is 20.4 Å². The van der Waals surface area contributed by atoms with E-state index in [0.717, 1.165) is 11.3 Å². The first-order valence-electron chi connectivity index (χ1n) is 6.19. The van der Waals surface area contributed by atoms with Crippen molar-refractivity contribution in [1.29, 1.82) is 0 Å². The Kier molecular flexibility index (Phi) is 4.49. The molecule has 0 aliphatic rings. The molecule has 5 nitrogen and oxygen atoms in total. The van der Waals surface area contributed by atoms with Crippen molar-refractivity contribution in [3.8, 4) is 17.0 Å². The molecular weight excluding hydrogens is 275 g/mol. The zero-order valence-electron chi connectivity index (χ0n) is 12.0. The summed E-state index contributed by atoms with van der Waals surface area (Å²) in [6.45, 7) is 0. The molecule has 0 N–H and O–H groups in total. The van der Waals surface area contributed by atoms with Gasteiger partial charge in [0.2, 0.25) is 5.88 Å². The molecule has 0 radical (unpaired) electrons. The molecule has 1 aromatic carbocycles. The Morgan fingerprint density at radius 3 is 2.48 bits per heavy atom. The molecule has 0 bridgehead atoms. The van der Waals surface area contributed by atoms with Gasteiger partial charge in [0.25, 0.3) is 5.91 Å². The minimum atomic E-state index is -0.455. The van der Waals surface area contributed by atoms with E-state index in [0.29, 0.717) is 22.6 Å². The maximum Gasteiger partial charge on any atom is 0.277 e. The lowest BCUT2D eigenvalue weighted by Crippen LogP contribution is -2.25. The minimum absolute atomic E-state index is 0.281. The van der Waals surface area contributed by atoms with Crippen LogP contribution < -0.4 is 4.74 Å². The van der Waals surface area contributed by atoms with Crippen LogP contribution in [0.3, 0.4) is 0 Å². The van der Waals surface area contributed by atoms with E-state index in [2.05, 4.69) is 4.98 Å². The molecular formula is C15H15FN2O3. The van der Waals surface area contributed by atoms with E-state index in [1.54, 1.807) is 24.3 Å². The van der Waals surface area contributed by atoms with Gasteiger partial charge in [0.1, 0.15) is 5.82 Å². The highest BCUT2D eigenvalue weighted by Crippen LogP contribution is 2.25. The number of rotatable bonds is 4. The number of carbonyl (C=O) groups is 1. The Bertz CT molecular complexity index is 644. The average molecular weight is 290 g/mol. The summed E-state index contributed by atoms with van der Waals surface area (Å²) in [4.78, 5) is 20.5. The van der Waals surface area contributed by atoms with Gasteiger partial charge in [0.15, 0.2) is 0 Å². The minimum Gasteiger partial charge on any atom is -0.481 e. The van der Waals surface area contributed by atoms with E-state index >= 15 is 0 Å². The first-order valence-corrected chi connectivity index (χ1v) is 6.19. The summed E-state index contributed by atoms with van der Waals surface area (Å²) in [5.41, 5.74) is 1.44. The van der Waals surface area contributed by atoms with Crippen molar-refractivity contribution in [2.45, 2.75) is 0 Å². The third-order valence-electron chi connectivity index (χ3n) is 3.04. The van der Waals surface area contributed by atoms with Crippen LogP contribution in [0.2, 0.25) is 0 Å². The van der Waals surface area contributed by atoms with Gasteiger partial charge in [0, 0.05) is 24.2 Å². The number of carbonyl (C=O) groups excluding carboxylic acids is 1. The molecule has 0 fully saturated rings. The highest BCUT2D eigenvalue weighted by molar-refractivity contribution is 5.93. The van der Waals surface area contributed by atoms with Crippen LogP contribution in [-0.2, 0) is 4.84 Å². The summed E-state index contributed by atoms with van der Waals surface area (Å²) in [5.74, 6) is -0.411. The highest BCUT2D eigenvalue weighted by Gasteiger charge is 2.12. The van der Waals surface area contributed by atoms with E-state index in [9.17, 15) is 9.18 Å². The fourth-order valence-corrected chi connectivity index (χ4v) is 1.81. The lowest BCUT2D eigenvalue weighted by molar-refractivity contribution is -0.0756. The smallest absolute Gasteiger partial charge is 0.277 e. The van der Waals surface area contributed by atoms with E-state index in [-0.39, 0.29) is 5.91 Å². The summed E-state index contributed by atoms with van der Waals surface area (Å²) >= 11 is 0. The Balaban J connectivity index is 2.33. The normalized spacial score (nSPS) is 10.3. The van der Waals surface area contributed by atoms with Gasteiger partial charge in [-0.1, -0.05) is 12.1 Å². The van der Waals surface area contributed by atoms with Crippen molar-refractivity contribution in [3.63, 3.8) is 0 Å². The fraction of sp³-hybridized carbons (Fsp3) is 0.200. The molecule has 21 heavy (non-hydrogen) atoms. The SMILES string of the molecule is COc1cc(-c2ccc(C(=O)N(C)OC)cc2)c(F)cn1. The second-order valence-corrected chi connectivity index (χ2v) is 4.27. The zero-order valence-corrected chi connectivity index (χ0v) is 12.0. The van der Waals surface area contributed by atoms with Crippen LogP contribution in [0.5, 0.6) is 5.88 Å². The second-order valence-electron chi connectivity index (χ2n) is 4.27. The first kappa shape index (κ1) is 14.9. The third-order valence-corrected chi connectivity index (χ3v) is 3.04. The molecule has 2 aromatic rings. The van der Waals surface area contributed by atoms with Crippen molar-refractivity contribution >= 4 is 5.91 Å². The Labute approximate surface area is 121 Å². The number of halogens is 1. The average Bonchev–Trinajstić information content (AvgIpc) is 2.54. The van der Waals surface area contributed by atoms with E-state index < -0.39 is 5.82 Å². The van der Waals surface area contributed by atoms with Crippen molar-refractivity contribution < 1.29 is 18.8 Å². The van der Waals surface area contributed by atoms with E-state index in [4.69, 9.17) is 9.57 Å². The van der Waals surface area contributed by atoms with Gasteiger partial charge in [-0.3, -0.25) is 9.63 Å². The predicted molar refractivity (Wildman–Crippen MR) is 75.3 cm³/mol. The summed E-state index contributed by atoms with van der Waals surface area (Å²) in [6, 6.07) is 8.05. The molecule has 1 heterocycles. The molecule has 110 valence electrons. The van der Waals surface area contributed by atoms with Gasteiger partial charge in [-0.2, -0.15) is 0 Å². The number of hydrogen-bond acceptors (Lipinski definition) is 4. The Morgan fingerprint density at radius 2 is 1.90 bits per heavy atom. The summed E-state index contributed by atoms with van der Waals surface area (Å²) in [6.07, 6.45) is 1.10. The quantitative estimate of drug-likeness (QED) is 0.812. The zero-order chi connectivity index (χ0) is 15.4. The summed E-state index contributed by atoms with van der Waals surface area (Å²) < 4.78 is 18.8. The molecule has 2 rings (SSSR count). The number of pyridine rings is 1. The van der Waals surface area contributed by atoms with Crippen molar-refractivity contribution in [3.05, 3.63) is 47.9 Å². The highest BCUT2D eigenvalue weighted by atomic mass is 19.1. The molecule has 0 saturated heterocycles. The Hall–Kier alpha value is -2.47. The monoisotopic (exact) mass is 290 g/mol. The van der Waals surface area contributed by atoms with Crippen LogP contribution >= 0.6 is 0 Å². The van der Waals surface area contributed by atoms with E-state index in [1.165, 1.54) is 27.3 Å². The number of methoxy groups -OCH3 is 1. The van der Waals surface area contributed by atoms with Crippen LogP contribution in [0.15, 0.2) is 36.5 Å². The molecule has 0 aliphatic carbocycles. The number of aromatic nitrogens is 1. The van der Waals surface area contributed by atoms with Crippen LogP contribution in [0.4, 0.5) is 4.39 Å². The number of benzene rings is 1. The first-order chi connectivity index (χ1) is 10.1. The van der Waals surface area contributed by atoms with Gasteiger partial charge in [-0.25, -0.2) is 14.4 Å². The van der Waals surface area contributed by atoms with E-state index in [1.807, 2.05) is 0 Å². The number of ether oxygens (including phenoxy) is 1. The van der Waals surface area contributed by atoms with Crippen LogP contribution in [-0.4, -0.2) is 37.2 Å². The van der Waals surface area contributed by atoms with Crippen LogP contribution in [0, 0.1) is 5.82 Å². The summed E-state index contributed by atoms with van der Waals surface area (Å²) in [7, 11) is 4.39. The standard InChI is InChI=1S/C15H15FN2O3/c1-18(21-3)15(19)11-6-4-10(5-7-11)12-8-14(20-2)17-9-13(12)16/h4-9H,1-3H3. The molecule has 0 aliphatic heterocycles.